The first-order valence-electron chi connectivity index (χ1n) is 5.57. The first kappa shape index (κ1) is 28.4. The minimum Gasteiger partial charge on any atom is -0.344 e. The Hall–Kier alpha value is -0.840. The average molecular weight is 461 g/mol. The molecule has 5 N–H and O–H groups in total. The molecule has 19 heteroatoms. The molecule has 0 rings (SSSR count). The monoisotopic (exact) mass is 461 g/mol. The summed E-state index contributed by atoms with van der Waals surface area (Å²) >= 11 is 0. The molecule has 0 heterocycles. The normalized spacial score (nSPS) is 16.7. The molecule has 0 radical (unpaired) electrons. The molecular formula is C8H9F13NO4P. The van der Waals surface area contributed by atoms with E-state index in [4.69, 9.17) is 9.79 Å². The van der Waals surface area contributed by atoms with Crippen LogP contribution >= 0.6 is 7.82 Å². The largest absolute Gasteiger partial charge is 0.470 e. The molecule has 0 aliphatic heterocycles. The zero-order chi connectivity index (χ0) is 21.8. The van der Waals surface area contributed by atoms with Crippen molar-refractivity contribution >= 4 is 7.82 Å². The fourth-order valence-electron chi connectivity index (χ4n) is 1.31. The Bertz CT molecular complexity index is 571. The SMILES string of the molecule is CC(OP(=O)(O)O)C(F)(F)C(F)(F)C(F)(F)C(F)(F)C(F)(F)C(F)(F)F.N. The maximum atomic E-state index is 13.3. The van der Waals surface area contributed by atoms with Gasteiger partial charge < -0.3 is 15.9 Å². The Kier molecular flexibility index (Phi) is 7.57. The Labute approximate surface area is 140 Å². The molecule has 0 aliphatic carbocycles. The highest BCUT2D eigenvalue weighted by molar-refractivity contribution is 7.46. The maximum absolute atomic E-state index is 13.3. The Balaban J connectivity index is 0. The van der Waals surface area contributed by atoms with Crippen molar-refractivity contribution in [3.8, 4) is 0 Å². The van der Waals surface area contributed by atoms with E-state index in [-0.39, 0.29) is 6.15 Å². The van der Waals surface area contributed by atoms with Crippen molar-refractivity contribution in [2.24, 2.45) is 0 Å². The summed E-state index contributed by atoms with van der Waals surface area (Å²) in [6.07, 6.45) is -11.6. The Morgan fingerprint density at radius 3 is 1.26 bits per heavy atom. The molecule has 0 aromatic rings. The molecule has 166 valence electrons. The fraction of sp³-hybridized carbons (Fsp3) is 1.00. The molecule has 0 fully saturated rings. The number of phosphoric ester groups is 1. The van der Waals surface area contributed by atoms with Crippen LogP contribution in [0.15, 0.2) is 0 Å². The van der Waals surface area contributed by atoms with Gasteiger partial charge in [-0.15, -0.1) is 0 Å². The van der Waals surface area contributed by atoms with Crippen molar-refractivity contribution in [2.75, 3.05) is 0 Å². The van der Waals surface area contributed by atoms with Gasteiger partial charge in [0.05, 0.1) is 0 Å². The third kappa shape index (κ3) is 4.44. The molecule has 5 nitrogen and oxygen atoms in total. The van der Waals surface area contributed by atoms with Crippen LogP contribution in [0.1, 0.15) is 6.92 Å². The van der Waals surface area contributed by atoms with Crippen LogP contribution in [0.25, 0.3) is 0 Å². The van der Waals surface area contributed by atoms with Crippen LogP contribution in [-0.4, -0.2) is 51.7 Å². The van der Waals surface area contributed by atoms with E-state index in [0.29, 0.717) is 0 Å². The van der Waals surface area contributed by atoms with Crippen molar-refractivity contribution < 1.29 is 76.0 Å². The van der Waals surface area contributed by atoms with Gasteiger partial charge in [-0.3, -0.25) is 4.52 Å². The summed E-state index contributed by atoms with van der Waals surface area (Å²) < 4.78 is 178. The highest BCUT2D eigenvalue weighted by Gasteiger charge is 2.91. The van der Waals surface area contributed by atoms with Crippen LogP contribution in [0.3, 0.4) is 0 Å². The predicted octanol–water partition coefficient (Wildman–Crippen LogP) is 4.39. The van der Waals surface area contributed by atoms with E-state index in [2.05, 4.69) is 4.52 Å². The van der Waals surface area contributed by atoms with Gasteiger partial charge >= 0.3 is 43.6 Å². The van der Waals surface area contributed by atoms with Gasteiger partial charge in [0, 0.05) is 0 Å². The third-order valence-corrected chi connectivity index (χ3v) is 3.35. The summed E-state index contributed by atoms with van der Waals surface area (Å²) in [6.45, 7) is -0.455. The molecular weight excluding hydrogens is 452 g/mol. The minimum absolute atomic E-state index is 0. The minimum atomic E-state index is -8.09. The molecule has 0 bridgehead atoms. The van der Waals surface area contributed by atoms with Gasteiger partial charge in [-0.25, -0.2) is 4.57 Å². The molecule has 0 saturated heterocycles. The summed E-state index contributed by atoms with van der Waals surface area (Å²) in [5.41, 5.74) is 0. The first-order chi connectivity index (χ1) is 10.9. The number of hydrogen-bond acceptors (Lipinski definition) is 3. The summed E-state index contributed by atoms with van der Waals surface area (Å²) in [7, 11) is -6.11. The van der Waals surface area contributed by atoms with Crippen LogP contribution in [0.2, 0.25) is 0 Å². The second-order valence-corrected chi connectivity index (χ2v) is 5.85. The second kappa shape index (κ2) is 7.20. The van der Waals surface area contributed by atoms with Crippen LogP contribution in [0.4, 0.5) is 57.1 Å². The quantitative estimate of drug-likeness (QED) is 0.386. The van der Waals surface area contributed by atoms with E-state index in [1.807, 2.05) is 0 Å². The molecule has 0 aromatic carbocycles. The summed E-state index contributed by atoms with van der Waals surface area (Å²) in [6, 6.07) is 0. The van der Waals surface area contributed by atoms with E-state index >= 15 is 0 Å². The highest BCUT2D eigenvalue weighted by Crippen LogP contribution is 2.61. The Morgan fingerprint density at radius 1 is 0.704 bits per heavy atom. The lowest BCUT2D eigenvalue weighted by Gasteiger charge is -2.40. The Morgan fingerprint density at radius 2 is 1.00 bits per heavy atom. The van der Waals surface area contributed by atoms with Crippen molar-refractivity contribution in [1.82, 2.24) is 6.15 Å². The molecule has 1 unspecified atom stereocenters. The van der Waals surface area contributed by atoms with E-state index in [1.165, 1.54) is 0 Å². The van der Waals surface area contributed by atoms with E-state index in [0.717, 1.165) is 0 Å². The maximum Gasteiger partial charge on any atom is 0.470 e. The lowest BCUT2D eigenvalue weighted by Crippen LogP contribution is -2.71. The van der Waals surface area contributed by atoms with Gasteiger partial charge in [0.2, 0.25) is 0 Å². The zero-order valence-electron chi connectivity index (χ0n) is 12.4. The van der Waals surface area contributed by atoms with E-state index in [1.54, 1.807) is 0 Å². The van der Waals surface area contributed by atoms with Gasteiger partial charge in [0.25, 0.3) is 0 Å². The van der Waals surface area contributed by atoms with Crippen LogP contribution in [-0.2, 0) is 9.09 Å². The van der Waals surface area contributed by atoms with Crippen molar-refractivity contribution in [1.29, 1.82) is 0 Å². The summed E-state index contributed by atoms with van der Waals surface area (Å²) in [4.78, 5) is 16.2. The molecule has 27 heavy (non-hydrogen) atoms. The lowest BCUT2D eigenvalue weighted by molar-refractivity contribution is -0.443. The smallest absolute Gasteiger partial charge is 0.344 e. The molecule has 1 atom stereocenters. The number of rotatable bonds is 7. The lowest BCUT2D eigenvalue weighted by atomic mass is 9.92. The molecule has 0 aliphatic rings. The predicted molar refractivity (Wildman–Crippen MR) is 58.4 cm³/mol. The molecule has 0 saturated carbocycles. The van der Waals surface area contributed by atoms with Crippen LogP contribution < -0.4 is 6.15 Å². The van der Waals surface area contributed by atoms with Gasteiger partial charge in [-0.1, -0.05) is 0 Å². The van der Waals surface area contributed by atoms with Crippen molar-refractivity contribution in [3.05, 3.63) is 0 Å². The van der Waals surface area contributed by atoms with E-state index in [9.17, 15) is 61.6 Å². The standard InChI is InChI=1S/C8H6F13O4P.H3N/c1-2(25-26(22,23)24)3(9,10)4(11,12)5(13,14)6(15,16)7(17,18)8(19,20)21;/h2H,1H3,(H2,22,23,24);1H3. The molecule has 0 amide bonds. The van der Waals surface area contributed by atoms with E-state index < -0.39 is 56.6 Å². The van der Waals surface area contributed by atoms with Crippen LogP contribution in [0, 0.1) is 0 Å². The second-order valence-electron chi connectivity index (χ2n) is 4.66. The molecule has 0 aromatic heterocycles. The van der Waals surface area contributed by atoms with Gasteiger partial charge in [-0.05, 0) is 6.92 Å². The molecule has 0 spiro atoms. The van der Waals surface area contributed by atoms with Gasteiger partial charge in [0.15, 0.2) is 0 Å². The van der Waals surface area contributed by atoms with Gasteiger partial charge in [-0.2, -0.15) is 57.1 Å². The van der Waals surface area contributed by atoms with Crippen molar-refractivity contribution in [3.63, 3.8) is 0 Å². The average Bonchev–Trinajstić information content (AvgIpc) is 2.34. The highest BCUT2D eigenvalue weighted by atomic mass is 31.2. The number of alkyl halides is 13. The summed E-state index contributed by atoms with van der Waals surface area (Å²) in [5.74, 6) is -38.4. The summed E-state index contributed by atoms with van der Waals surface area (Å²) in [5, 5.41) is 0. The van der Waals surface area contributed by atoms with Crippen molar-refractivity contribution in [2.45, 2.75) is 48.8 Å². The first-order valence-corrected chi connectivity index (χ1v) is 7.10. The third-order valence-electron chi connectivity index (χ3n) is 2.76. The number of phosphoric acid groups is 1. The van der Waals surface area contributed by atoms with Crippen LogP contribution in [0.5, 0.6) is 0 Å². The number of halogens is 13. The fourth-order valence-corrected chi connectivity index (χ4v) is 1.85. The number of hydrogen-bond donors (Lipinski definition) is 3. The topological polar surface area (TPSA) is 102 Å². The zero-order valence-corrected chi connectivity index (χ0v) is 13.3. The van der Waals surface area contributed by atoms with Gasteiger partial charge in [0.1, 0.15) is 6.10 Å².